The van der Waals surface area contributed by atoms with Crippen molar-refractivity contribution in [2.75, 3.05) is 0 Å². The molecular weight excluding hydrogens is 176 g/mol. The van der Waals surface area contributed by atoms with Gasteiger partial charge < -0.3 is 5.11 Å². The second kappa shape index (κ2) is 8.79. The number of rotatable bonds is 8. The predicted molar refractivity (Wildman–Crippen MR) is 59.3 cm³/mol. The Kier molecular flexibility index (Phi) is 8.30. The lowest BCUT2D eigenvalue weighted by atomic mass is 10.0. The molecule has 0 aliphatic rings. The Morgan fingerprint density at radius 2 is 2.07 bits per heavy atom. The van der Waals surface area contributed by atoms with Gasteiger partial charge in [-0.3, -0.25) is 4.79 Å². The molecule has 0 aliphatic carbocycles. The molecule has 0 aromatic heterocycles. The molecule has 0 spiro atoms. The van der Waals surface area contributed by atoms with Crippen LogP contribution in [0.25, 0.3) is 0 Å². The smallest absolute Gasteiger partial charge is 0.307 e. The van der Waals surface area contributed by atoms with Gasteiger partial charge in [-0.2, -0.15) is 0 Å². The number of hydrogen-bond acceptors (Lipinski definition) is 1. The summed E-state index contributed by atoms with van der Waals surface area (Å²) < 4.78 is 0. The highest BCUT2D eigenvalue weighted by molar-refractivity contribution is 5.68. The molecule has 0 aliphatic heterocycles. The first kappa shape index (κ1) is 13.2. The fourth-order valence-corrected chi connectivity index (χ4v) is 1.39. The molecule has 1 unspecified atom stereocenters. The van der Waals surface area contributed by atoms with Crippen molar-refractivity contribution in [2.24, 2.45) is 5.92 Å². The van der Waals surface area contributed by atoms with E-state index in [2.05, 4.69) is 13.8 Å². The zero-order valence-electron chi connectivity index (χ0n) is 9.33. The molecule has 2 heteroatoms. The van der Waals surface area contributed by atoms with Crippen molar-refractivity contribution in [1.29, 1.82) is 0 Å². The van der Waals surface area contributed by atoms with Gasteiger partial charge in [0.2, 0.25) is 0 Å². The highest BCUT2D eigenvalue weighted by Crippen LogP contribution is 2.11. The van der Waals surface area contributed by atoms with E-state index in [1.54, 1.807) is 6.08 Å². The van der Waals surface area contributed by atoms with Gasteiger partial charge in [-0.05, 0) is 12.3 Å². The molecule has 0 fully saturated rings. The summed E-state index contributed by atoms with van der Waals surface area (Å²) >= 11 is 0. The Balaban J connectivity index is 3.39. The molecule has 0 saturated heterocycles. The fourth-order valence-electron chi connectivity index (χ4n) is 1.39. The highest BCUT2D eigenvalue weighted by Gasteiger charge is 1.97. The number of carbonyl (C=O) groups is 1. The van der Waals surface area contributed by atoms with Crippen molar-refractivity contribution in [3.8, 4) is 0 Å². The van der Waals surface area contributed by atoms with E-state index >= 15 is 0 Å². The molecule has 0 saturated carbocycles. The van der Waals surface area contributed by atoms with Crippen molar-refractivity contribution in [2.45, 2.75) is 52.4 Å². The Bertz CT molecular complexity index is 173. The average Bonchev–Trinajstić information content (AvgIpc) is 2.12. The van der Waals surface area contributed by atoms with Crippen LogP contribution in [0.2, 0.25) is 0 Å². The molecule has 0 bridgehead atoms. The Morgan fingerprint density at radius 3 is 2.64 bits per heavy atom. The highest BCUT2D eigenvalue weighted by atomic mass is 16.4. The largest absolute Gasteiger partial charge is 0.481 e. The van der Waals surface area contributed by atoms with E-state index in [-0.39, 0.29) is 6.42 Å². The number of hydrogen-bond donors (Lipinski definition) is 1. The Morgan fingerprint density at radius 1 is 1.36 bits per heavy atom. The molecule has 1 atom stereocenters. The van der Waals surface area contributed by atoms with Crippen LogP contribution in [-0.4, -0.2) is 11.1 Å². The van der Waals surface area contributed by atoms with Crippen LogP contribution in [-0.2, 0) is 4.79 Å². The monoisotopic (exact) mass is 198 g/mol. The van der Waals surface area contributed by atoms with Crippen LogP contribution in [0.4, 0.5) is 0 Å². The van der Waals surface area contributed by atoms with Gasteiger partial charge in [0.25, 0.3) is 0 Å². The normalized spacial score (nSPS) is 13.3. The zero-order chi connectivity index (χ0) is 10.8. The average molecular weight is 198 g/mol. The number of aliphatic carboxylic acids is 1. The van der Waals surface area contributed by atoms with Gasteiger partial charge in [-0.25, -0.2) is 0 Å². The maximum atomic E-state index is 10.2. The van der Waals surface area contributed by atoms with Gasteiger partial charge in [-0.15, -0.1) is 0 Å². The lowest BCUT2D eigenvalue weighted by Crippen LogP contribution is -1.93. The molecule has 0 rings (SSSR count). The van der Waals surface area contributed by atoms with E-state index in [1.165, 1.54) is 32.1 Å². The van der Waals surface area contributed by atoms with Crippen molar-refractivity contribution in [3.05, 3.63) is 12.2 Å². The van der Waals surface area contributed by atoms with Gasteiger partial charge in [0.1, 0.15) is 0 Å². The molecule has 1 N–H and O–H groups in total. The van der Waals surface area contributed by atoms with Crippen LogP contribution in [0.1, 0.15) is 52.4 Å². The molecule has 0 aromatic carbocycles. The lowest BCUT2D eigenvalue weighted by Gasteiger charge is -2.04. The van der Waals surface area contributed by atoms with Crippen molar-refractivity contribution < 1.29 is 9.90 Å². The molecule has 2 nitrogen and oxygen atoms in total. The molecule has 14 heavy (non-hydrogen) atoms. The number of unbranched alkanes of at least 4 members (excludes halogenated alkanes) is 3. The Hall–Kier alpha value is -0.790. The van der Waals surface area contributed by atoms with Crippen LogP contribution in [0, 0.1) is 5.92 Å². The van der Waals surface area contributed by atoms with Gasteiger partial charge in [0.15, 0.2) is 0 Å². The first-order chi connectivity index (χ1) is 6.66. The Labute approximate surface area is 87.0 Å². The third-order valence-corrected chi connectivity index (χ3v) is 2.27. The van der Waals surface area contributed by atoms with E-state index in [0.717, 1.165) is 0 Å². The third kappa shape index (κ3) is 9.30. The number of carboxylic acid groups (broad SMARTS) is 1. The van der Waals surface area contributed by atoms with Gasteiger partial charge >= 0.3 is 5.97 Å². The summed E-state index contributed by atoms with van der Waals surface area (Å²) in [5.41, 5.74) is 0. The van der Waals surface area contributed by atoms with Crippen LogP contribution in [0.15, 0.2) is 12.2 Å². The molecular formula is C12H22O2. The summed E-state index contributed by atoms with van der Waals surface area (Å²) in [5.74, 6) is -0.231. The van der Waals surface area contributed by atoms with Crippen molar-refractivity contribution in [1.82, 2.24) is 0 Å². The summed E-state index contributed by atoms with van der Waals surface area (Å²) in [7, 11) is 0. The predicted octanol–water partition coefficient (Wildman–Crippen LogP) is 3.62. The standard InChI is InChI=1S/C12H22O2/c1-3-4-5-6-8-11(2)9-7-10-12(13)14/h7,9,11H,3-6,8,10H2,1-2H3,(H,13,14). The first-order valence-electron chi connectivity index (χ1n) is 5.55. The molecule has 0 aromatic rings. The number of carboxylic acids is 1. The van der Waals surface area contributed by atoms with E-state index in [1.807, 2.05) is 6.08 Å². The summed E-state index contributed by atoms with van der Waals surface area (Å²) in [6.45, 7) is 4.35. The lowest BCUT2D eigenvalue weighted by molar-refractivity contribution is -0.136. The first-order valence-corrected chi connectivity index (χ1v) is 5.55. The third-order valence-electron chi connectivity index (χ3n) is 2.27. The van der Waals surface area contributed by atoms with E-state index in [4.69, 9.17) is 5.11 Å². The van der Waals surface area contributed by atoms with E-state index in [9.17, 15) is 4.79 Å². The van der Waals surface area contributed by atoms with Crippen LogP contribution in [0.3, 0.4) is 0 Å². The quantitative estimate of drug-likeness (QED) is 0.477. The maximum absolute atomic E-state index is 10.2. The zero-order valence-corrected chi connectivity index (χ0v) is 9.33. The van der Waals surface area contributed by atoms with Crippen molar-refractivity contribution in [3.63, 3.8) is 0 Å². The minimum atomic E-state index is -0.751. The maximum Gasteiger partial charge on any atom is 0.307 e. The molecule has 0 radical (unpaired) electrons. The fraction of sp³-hybridized carbons (Fsp3) is 0.750. The van der Waals surface area contributed by atoms with E-state index in [0.29, 0.717) is 5.92 Å². The summed E-state index contributed by atoms with van der Waals surface area (Å²) in [5, 5.41) is 8.42. The van der Waals surface area contributed by atoms with E-state index < -0.39 is 5.97 Å². The van der Waals surface area contributed by atoms with Crippen molar-refractivity contribution >= 4 is 5.97 Å². The minimum Gasteiger partial charge on any atom is -0.481 e. The molecule has 82 valence electrons. The molecule has 0 amide bonds. The second-order valence-electron chi connectivity index (χ2n) is 3.85. The summed E-state index contributed by atoms with van der Waals surface area (Å²) in [6, 6.07) is 0. The van der Waals surface area contributed by atoms with Gasteiger partial charge in [-0.1, -0.05) is 51.7 Å². The van der Waals surface area contributed by atoms with Crippen LogP contribution >= 0.6 is 0 Å². The SMILES string of the molecule is CCCCCCC(C)C=CCC(=O)O. The summed E-state index contributed by atoms with van der Waals surface area (Å²) in [6.07, 6.45) is 10.2. The summed E-state index contributed by atoms with van der Waals surface area (Å²) in [4.78, 5) is 10.2. The topological polar surface area (TPSA) is 37.3 Å². The minimum absolute atomic E-state index is 0.152. The van der Waals surface area contributed by atoms with Crippen LogP contribution in [0.5, 0.6) is 0 Å². The van der Waals surface area contributed by atoms with Gasteiger partial charge in [0.05, 0.1) is 6.42 Å². The number of allylic oxidation sites excluding steroid dienone is 1. The van der Waals surface area contributed by atoms with Gasteiger partial charge in [0, 0.05) is 0 Å². The molecule has 0 heterocycles. The second-order valence-corrected chi connectivity index (χ2v) is 3.85. The van der Waals surface area contributed by atoms with Crippen LogP contribution < -0.4 is 0 Å².